The predicted octanol–water partition coefficient (Wildman–Crippen LogP) is 2.15. The molecule has 4 heteroatoms. The Morgan fingerprint density at radius 3 is 2.61 bits per heavy atom. The lowest BCUT2D eigenvalue weighted by Crippen LogP contribution is -2.32. The van der Waals surface area contributed by atoms with Gasteiger partial charge in [-0.2, -0.15) is 0 Å². The topological polar surface area (TPSA) is 60.8 Å². The summed E-state index contributed by atoms with van der Waals surface area (Å²) in [7, 11) is 0. The van der Waals surface area contributed by atoms with Gasteiger partial charge in [-0.05, 0) is 44.0 Å². The van der Waals surface area contributed by atoms with Crippen molar-refractivity contribution >= 4 is 5.78 Å². The average Bonchev–Trinajstić information content (AvgIpc) is 3.16. The minimum absolute atomic E-state index is 0.00866. The van der Waals surface area contributed by atoms with Crippen molar-refractivity contribution in [3.8, 4) is 11.5 Å². The van der Waals surface area contributed by atoms with Crippen molar-refractivity contribution in [2.45, 2.75) is 32.2 Å². The van der Waals surface area contributed by atoms with Gasteiger partial charge >= 0.3 is 0 Å². The SMILES string of the molecule is CCCN(CC(=O)c1ccc(O)c(O)c1)C1CC1. The number of carbonyl (C=O) groups excluding carboxylic acids is 1. The van der Waals surface area contributed by atoms with E-state index in [0.29, 0.717) is 18.2 Å². The Morgan fingerprint density at radius 1 is 1.33 bits per heavy atom. The maximum atomic E-state index is 12.1. The van der Waals surface area contributed by atoms with Gasteiger partial charge in [0, 0.05) is 11.6 Å². The Hall–Kier alpha value is -1.55. The number of ketones is 1. The Labute approximate surface area is 107 Å². The molecule has 0 aliphatic heterocycles. The third kappa shape index (κ3) is 3.01. The van der Waals surface area contributed by atoms with Gasteiger partial charge in [0.1, 0.15) is 0 Å². The van der Waals surface area contributed by atoms with Crippen LogP contribution in [0.4, 0.5) is 0 Å². The van der Waals surface area contributed by atoms with Crippen LogP contribution in [0.2, 0.25) is 0 Å². The maximum Gasteiger partial charge on any atom is 0.176 e. The summed E-state index contributed by atoms with van der Waals surface area (Å²) in [6, 6.07) is 4.78. The third-order valence-corrected chi connectivity index (χ3v) is 3.22. The van der Waals surface area contributed by atoms with E-state index in [0.717, 1.165) is 13.0 Å². The first-order valence-electron chi connectivity index (χ1n) is 6.41. The molecule has 0 unspecified atom stereocenters. The van der Waals surface area contributed by atoms with Crippen molar-refractivity contribution in [2.24, 2.45) is 0 Å². The Balaban J connectivity index is 2.03. The predicted molar refractivity (Wildman–Crippen MR) is 69.0 cm³/mol. The number of aromatic hydroxyl groups is 2. The summed E-state index contributed by atoms with van der Waals surface area (Å²) < 4.78 is 0. The maximum absolute atomic E-state index is 12.1. The molecule has 4 nitrogen and oxygen atoms in total. The molecule has 0 saturated heterocycles. The molecule has 0 spiro atoms. The number of hydrogen-bond donors (Lipinski definition) is 2. The summed E-state index contributed by atoms with van der Waals surface area (Å²) in [5, 5.41) is 18.6. The van der Waals surface area contributed by atoms with Gasteiger partial charge in [0.15, 0.2) is 17.3 Å². The van der Waals surface area contributed by atoms with Crippen LogP contribution in [0.3, 0.4) is 0 Å². The molecule has 0 radical (unpaired) electrons. The van der Waals surface area contributed by atoms with Gasteiger partial charge in [-0.15, -0.1) is 0 Å². The van der Waals surface area contributed by atoms with Gasteiger partial charge < -0.3 is 10.2 Å². The molecule has 1 saturated carbocycles. The summed E-state index contributed by atoms with van der Waals surface area (Å²) in [6.45, 7) is 3.43. The fourth-order valence-electron chi connectivity index (χ4n) is 2.09. The fraction of sp³-hybridized carbons (Fsp3) is 0.500. The fourth-order valence-corrected chi connectivity index (χ4v) is 2.09. The molecule has 1 aromatic rings. The van der Waals surface area contributed by atoms with Crippen LogP contribution in [0.15, 0.2) is 18.2 Å². The second kappa shape index (κ2) is 5.40. The zero-order valence-electron chi connectivity index (χ0n) is 10.6. The molecule has 1 aliphatic rings. The van der Waals surface area contributed by atoms with Crippen LogP contribution in [-0.4, -0.2) is 40.0 Å². The molecule has 0 atom stereocenters. The van der Waals surface area contributed by atoms with E-state index in [-0.39, 0.29) is 17.3 Å². The Morgan fingerprint density at radius 2 is 2.06 bits per heavy atom. The smallest absolute Gasteiger partial charge is 0.176 e. The number of rotatable bonds is 6. The van der Waals surface area contributed by atoms with Crippen LogP contribution < -0.4 is 0 Å². The number of Topliss-reactive ketones (excluding diaryl/α,β-unsaturated/α-hetero) is 1. The van der Waals surface area contributed by atoms with E-state index in [1.165, 1.54) is 25.0 Å². The quantitative estimate of drug-likeness (QED) is 0.599. The molecule has 0 amide bonds. The Bertz CT molecular complexity index is 441. The van der Waals surface area contributed by atoms with Gasteiger partial charge in [0.05, 0.1) is 6.54 Å². The molecule has 98 valence electrons. The summed E-state index contributed by atoms with van der Waals surface area (Å²) in [4.78, 5) is 14.3. The second-order valence-electron chi connectivity index (χ2n) is 4.83. The molecule has 2 rings (SSSR count). The highest BCUT2D eigenvalue weighted by atomic mass is 16.3. The molecule has 0 aromatic heterocycles. The highest BCUT2D eigenvalue weighted by Crippen LogP contribution is 2.28. The number of phenolic OH excluding ortho intramolecular Hbond substituents is 2. The van der Waals surface area contributed by atoms with Crippen LogP contribution in [0, 0.1) is 0 Å². The largest absolute Gasteiger partial charge is 0.504 e. The number of benzene rings is 1. The summed E-state index contributed by atoms with van der Waals surface area (Å²) in [6.07, 6.45) is 3.38. The van der Waals surface area contributed by atoms with E-state index >= 15 is 0 Å². The van der Waals surface area contributed by atoms with Gasteiger partial charge in [-0.25, -0.2) is 0 Å². The van der Waals surface area contributed by atoms with E-state index in [1.54, 1.807) is 6.07 Å². The minimum Gasteiger partial charge on any atom is -0.504 e. The van der Waals surface area contributed by atoms with E-state index in [9.17, 15) is 15.0 Å². The summed E-state index contributed by atoms with van der Waals surface area (Å²) in [5.41, 5.74) is 0.451. The van der Waals surface area contributed by atoms with E-state index in [1.807, 2.05) is 0 Å². The number of nitrogens with zero attached hydrogens (tertiary/aromatic N) is 1. The van der Waals surface area contributed by atoms with Crippen molar-refractivity contribution in [2.75, 3.05) is 13.1 Å². The van der Waals surface area contributed by atoms with Gasteiger partial charge in [0.2, 0.25) is 0 Å². The molecular weight excluding hydrogens is 230 g/mol. The minimum atomic E-state index is -0.241. The van der Waals surface area contributed by atoms with Gasteiger partial charge in [-0.1, -0.05) is 6.92 Å². The van der Waals surface area contributed by atoms with Crippen molar-refractivity contribution in [3.05, 3.63) is 23.8 Å². The van der Waals surface area contributed by atoms with E-state index in [2.05, 4.69) is 11.8 Å². The van der Waals surface area contributed by atoms with E-state index in [4.69, 9.17) is 0 Å². The number of hydrogen-bond acceptors (Lipinski definition) is 4. The molecule has 18 heavy (non-hydrogen) atoms. The first kappa shape index (κ1) is 12.9. The lowest BCUT2D eigenvalue weighted by Gasteiger charge is -2.20. The summed E-state index contributed by atoms with van der Waals surface area (Å²) in [5.74, 6) is -0.445. The molecule has 0 heterocycles. The first-order valence-corrected chi connectivity index (χ1v) is 6.41. The first-order chi connectivity index (χ1) is 8.61. The van der Waals surface area contributed by atoms with Crippen LogP contribution in [-0.2, 0) is 0 Å². The van der Waals surface area contributed by atoms with E-state index < -0.39 is 0 Å². The molecule has 1 aliphatic carbocycles. The van der Waals surface area contributed by atoms with Crippen LogP contribution in [0.1, 0.15) is 36.5 Å². The van der Waals surface area contributed by atoms with Gasteiger partial charge in [0.25, 0.3) is 0 Å². The molecule has 1 fully saturated rings. The van der Waals surface area contributed by atoms with Crippen molar-refractivity contribution < 1.29 is 15.0 Å². The van der Waals surface area contributed by atoms with Crippen LogP contribution in [0.25, 0.3) is 0 Å². The zero-order valence-corrected chi connectivity index (χ0v) is 10.6. The number of carbonyl (C=O) groups is 1. The van der Waals surface area contributed by atoms with Crippen molar-refractivity contribution in [1.29, 1.82) is 0 Å². The lowest BCUT2D eigenvalue weighted by atomic mass is 10.1. The molecule has 0 bridgehead atoms. The standard InChI is InChI=1S/C14H19NO3/c1-2-7-15(11-4-5-11)9-14(18)10-3-6-12(16)13(17)8-10/h3,6,8,11,16-17H,2,4-5,7,9H2,1H3. The zero-order chi connectivity index (χ0) is 13.1. The normalized spacial score (nSPS) is 15.0. The lowest BCUT2D eigenvalue weighted by molar-refractivity contribution is 0.0924. The third-order valence-electron chi connectivity index (χ3n) is 3.22. The number of phenols is 2. The molecule has 1 aromatic carbocycles. The Kier molecular flexibility index (Phi) is 3.87. The summed E-state index contributed by atoms with van der Waals surface area (Å²) >= 11 is 0. The highest BCUT2D eigenvalue weighted by molar-refractivity contribution is 5.98. The van der Waals surface area contributed by atoms with Crippen molar-refractivity contribution in [3.63, 3.8) is 0 Å². The van der Waals surface area contributed by atoms with Crippen LogP contribution in [0.5, 0.6) is 11.5 Å². The average molecular weight is 249 g/mol. The molecule has 2 N–H and O–H groups in total. The van der Waals surface area contributed by atoms with Gasteiger partial charge in [-0.3, -0.25) is 9.69 Å². The highest BCUT2D eigenvalue weighted by Gasteiger charge is 2.29. The second-order valence-corrected chi connectivity index (χ2v) is 4.83. The van der Waals surface area contributed by atoms with Crippen molar-refractivity contribution in [1.82, 2.24) is 4.90 Å². The monoisotopic (exact) mass is 249 g/mol. The van der Waals surface area contributed by atoms with Crippen LogP contribution >= 0.6 is 0 Å². The molecular formula is C14H19NO3.